The lowest BCUT2D eigenvalue weighted by Crippen LogP contribution is -2.16. The molecular weight excluding hydrogens is 273 g/mol. The minimum atomic E-state index is -4.49. The third-order valence-electron chi connectivity index (χ3n) is 2.32. The molecule has 0 aliphatic heterocycles. The molecular formula is C13H11F3N2O2. The molecule has 0 saturated heterocycles. The number of alkyl halides is 3. The molecule has 4 nitrogen and oxygen atoms in total. The van der Waals surface area contributed by atoms with Crippen LogP contribution in [-0.4, -0.2) is 12.4 Å². The van der Waals surface area contributed by atoms with E-state index in [1.54, 1.807) is 6.07 Å². The maximum Gasteiger partial charge on any atom is 0.416 e. The maximum atomic E-state index is 12.5. The summed E-state index contributed by atoms with van der Waals surface area (Å²) in [5.41, 5.74) is 4.22. The smallest absolute Gasteiger partial charge is 0.416 e. The Labute approximate surface area is 113 Å². The number of carbonyl (C=O) groups excluding carboxylic acids is 1. The zero-order valence-corrected chi connectivity index (χ0v) is 10.5. The Morgan fingerprint density at radius 3 is 2.60 bits per heavy atom. The summed E-state index contributed by atoms with van der Waals surface area (Å²) >= 11 is 0. The van der Waals surface area contributed by atoms with Crippen LogP contribution in [-0.2, 0) is 11.0 Å². The fourth-order valence-electron chi connectivity index (χ4n) is 1.35. The van der Waals surface area contributed by atoms with Crippen LogP contribution in [0.15, 0.2) is 35.5 Å². The number of ether oxygens (including phenoxy) is 1. The van der Waals surface area contributed by atoms with Crippen LogP contribution in [0.25, 0.3) is 0 Å². The largest absolute Gasteiger partial charge is 0.485 e. The van der Waals surface area contributed by atoms with Crippen LogP contribution in [0.5, 0.6) is 5.75 Å². The number of nitrogens with zero attached hydrogens (tertiary/aromatic N) is 1. The highest BCUT2D eigenvalue weighted by atomic mass is 19.4. The highest BCUT2D eigenvalue weighted by Crippen LogP contribution is 2.31. The molecule has 20 heavy (non-hydrogen) atoms. The van der Waals surface area contributed by atoms with Gasteiger partial charge in [0.25, 0.3) is 0 Å². The molecule has 1 rings (SSSR count). The van der Waals surface area contributed by atoms with Crippen molar-refractivity contribution in [2.24, 2.45) is 5.73 Å². The number of ketones is 1. The van der Waals surface area contributed by atoms with Gasteiger partial charge in [-0.3, -0.25) is 4.79 Å². The first kappa shape index (κ1) is 15.6. The van der Waals surface area contributed by atoms with Gasteiger partial charge in [-0.25, -0.2) is 0 Å². The van der Waals surface area contributed by atoms with Gasteiger partial charge in [-0.15, -0.1) is 0 Å². The molecule has 0 fully saturated rings. The van der Waals surface area contributed by atoms with Crippen LogP contribution in [0.4, 0.5) is 13.2 Å². The van der Waals surface area contributed by atoms with Crippen molar-refractivity contribution in [2.75, 3.05) is 6.61 Å². The quantitative estimate of drug-likeness (QED) is 0.680. The molecule has 0 aromatic heterocycles. The van der Waals surface area contributed by atoms with Gasteiger partial charge >= 0.3 is 6.18 Å². The predicted octanol–water partition coefficient (Wildman–Crippen LogP) is 2.41. The average molecular weight is 284 g/mol. The number of nitriles is 1. The van der Waals surface area contributed by atoms with E-state index in [4.69, 9.17) is 15.7 Å². The van der Waals surface area contributed by atoms with Gasteiger partial charge in [-0.1, -0.05) is 6.07 Å². The molecule has 0 atom stereocenters. The van der Waals surface area contributed by atoms with Gasteiger partial charge in [0.1, 0.15) is 17.4 Å². The Hall–Kier alpha value is -2.49. The Kier molecular flexibility index (Phi) is 4.75. The fourth-order valence-corrected chi connectivity index (χ4v) is 1.35. The van der Waals surface area contributed by atoms with Crippen molar-refractivity contribution in [3.8, 4) is 11.8 Å². The Morgan fingerprint density at radius 2 is 2.10 bits per heavy atom. The minimum absolute atomic E-state index is 0.0325. The van der Waals surface area contributed by atoms with E-state index in [1.165, 1.54) is 13.0 Å². The summed E-state index contributed by atoms with van der Waals surface area (Å²) in [7, 11) is 0. The molecule has 1 aromatic carbocycles. The van der Waals surface area contributed by atoms with Crippen molar-refractivity contribution in [3.63, 3.8) is 0 Å². The number of nitrogens with two attached hydrogens (primary N) is 1. The lowest BCUT2D eigenvalue weighted by atomic mass is 10.1. The van der Waals surface area contributed by atoms with Gasteiger partial charge in [0.05, 0.1) is 5.56 Å². The van der Waals surface area contributed by atoms with Crippen molar-refractivity contribution in [1.29, 1.82) is 5.26 Å². The van der Waals surface area contributed by atoms with Crippen LogP contribution < -0.4 is 10.5 Å². The van der Waals surface area contributed by atoms with Gasteiger partial charge in [0.2, 0.25) is 5.78 Å². The van der Waals surface area contributed by atoms with Gasteiger partial charge in [0, 0.05) is 5.70 Å². The Morgan fingerprint density at radius 1 is 1.45 bits per heavy atom. The number of allylic oxidation sites excluding steroid dienone is 1. The van der Waals surface area contributed by atoms with E-state index >= 15 is 0 Å². The number of Topliss-reactive ketones (excluding diaryl/α,β-unsaturated/α-hetero) is 1. The number of halogens is 3. The van der Waals surface area contributed by atoms with Gasteiger partial charge in [-0.2, -0.15) is 18.4 Å². The fraction of sp³-hybridized carbons (Fsp3) is 0.231. The highest BCUT2D eigenvalue weighted by Gasteiger charge is 2.30. The second-order valence-electron chi connectivity index (χ2n) is 3.91. The van der Waals surface area contributed by atoms with Crippen LogP contribution in [0, 0.1) is 11.3 Å². The highest BCUT2D eigenvalue weighted by molar-refractivity contribution is 6.00. The molecule has 106 valence electrons. The molecule has 0 amide bonds. The number of rotatable bonds is 4. The van der Waals surface area contributed by atoms with E-state index in [1.807, 2.05) is 0 Å². The van der Waals surface area contributed by atoms with E-state index in [9.17, 15) is 18.0 Å². The van der Waals surface area contributed by atoms with Crippen molar-refractivity contribution < 1.29 is 22.7 Å². The Balaban J connectivity index is 2.80. The number of benzene rings is 1. The predicted molar refractivity (Wildman–Crippen MR) is 64.4 cm³/mol. The topological polar surface area (TPSA) is 76.1 Å². The average Bonchev–Trinajstić information content (AvgIpc) is 2.36. The normalized spacial score (nSPS) is 12.3. The zero-order chi connectivity index (χ0) is 15.3. The van der Waals surface area contributed by atoms with Crippen LogP contribution in [0.2, 0.25) is 0 Å². The second kappa shape index (κ2) is 6.10. The minimum Gasteiger partial charge on any atom is -0.485 e. The number of hydrogen-bond donors (Lipinski definition) is 1. The molecule has 2 N–H and O–H groups in total. The molecule has 0 heterocycles. The molecule has 0 saturated carbocycles. The van der Waals surface area contributed by atoms with E-state index in [-0.39, 0.29) is 17.0 Å². The van der Waals surface area contributed by atoms with Gasteiger partial charge < -0.3 is 10.5 Å². The molecule has 0 radical (unpaired) electrons. The van der Waals surface area contributed by atoms with Gasteiger partial charge in [0.15, 0.2) is 6.61 Å². The lowest BCUT2D eigenvalue weighted by molar-refractivity contribution is -0.137. The maximum absolute atomic E-state index is 12.5. The van der Waals surface area contributed by atoms with Crippen molar-refractivity contribution >= 4 is 5.78 Å². The van der Waals surface area contributed by atoms with E-state index < -0.39 is 24.1 Å². The first-order valence-electron chi connectivity index (χ1n) is 5.45. The Bertz CT molecular complexity index is 582. The standard InChI is InChI=1S/C13H11F3N2O2/c1-8(18)11(6-17)12(19)7-20-10-4-2-3-9(5-10)13(14,15)16/h2-5H,7,18H2,1H3/b11-8+. The van der Waals surface area contributed by atoms with E-state index in [0.717, 1.165) is 18.2 Å². The third-order valence-corrected chi connectivity index (χ3v) is 2.32. The monoisotopic (exact) mass is 284 g/mol. The molecule has 0 bridgehead atoms. The van der Waals surface area contributed by atoms with E-state index in [0.29, 0.717) is 0 Å². The SMILES string of the molecule is C/C(N)=C(/C#N)C(=O)COc1cccc(C(F)(F)F)c1. The van der Waals surface area contributed by atoms with E-state index in [2.05, 4.69) is 0 Å². The summed E-state index contributed by atoms with van der Waals surface area (Å²) in [6.45, 7) is 0.819. The first-order valence-corrected chi connectivity index (χ1v) is 5.45. The molecule has 7 heteroatoms. The molecule has 1 aromatic rings. The summed E-state index contributed by atoms with van der Waals surface area (Å²) < 4.78 is 42.3. The zero-order valence-electron chi connectivity index (χ0n) is 10.5. The molecule has 0 spiro atoms. The summed E-state index contributed by atoms with van der Waals surface area (Å²) in [4.78, 5) is 11.6. The summed E-state index contributed by atoms with van der Waals surface area (Å²) in [6.07, 6.45) is -4.49. The second-order valence-corrected chi connectivity index (χ2v) is 3.91. The van der Waals surface area contributed by atoms with Crippen molar-refractivity contribution in [1.82, 2.24) is 0 Å². The third kappa shape index (κ3) is 4.02. The van der Waals surface area contributed by atoms with Crippen LogP contribution in [0.3, 0.4) is 0 Å². The summed E-state index contributed by atoms with van der Waals surface area (Å²) in [6, 6.07) is 5.73. The first-order chi connectivity index (χ1) is 9.25. The van der Waals surface area contributed by atoms with Crippen LogP contribution >= 0.6 is 0 Å². The summed E-state index contributed by atoms with van der Waals surface area (Å²) in [5, 5.41) is 8.70. The van der Waals surface area contributed by atoms with Crippen molar-refractivity contribution in [3.05, 3.63) is 41.1 Å². The molecule has 0 unspecified atom stereocenters. The van der Waals surface area contributed by atoms with Crippen LogP contribution in [0.1, 0.15) is 12.5 Å². The number of hydrogen-bond acceptors (Lipinski definition) is 4. The number of carbonyl (C=O) groups is 1. The summed E-state index contributed by atoms with van der Waals surface area (Å²) in [5.74, 6) is -0.801. The van der Waals surface area contributed by atoms with Gasteiger partial charge in [-0.05, 0) is 25.1 Å². The molecule has 0 aliphatic carbocycles. The van der Waals surface area contributed by atoms with Crippen molar-refractivity contribution in [2.45, 2.75) is 13.1 Å². The molecule has 0 aliphatic rings. The lowest BCUT2D eigenvalue weighted by Gasteiger charge is -2.09.